The highest BCUT2D eigenvalue weighted by Gasteiger charge is 2.29. The molecule has 15 heavy (non-hydrogen) atoms. The molecule has 1 aliphatic rings. The number of nitrogens with one attached hydrogen (secondary N) is 1. The molecule has 0 bridgehead atoms. The van der Waals surface area contributed by atoms with E-state index in [9.17, 15) is 0 Å². The molecule has 0 amide bonds. The Morgan fingerprint density at radius 2 is 1.80 bits per heavy atom. The van der Waals surface area contributed by atoms with E-state index in [0.717, 1.165) is 6.42 Å². The minimum atomic E-state index is -0.780. The van der Waals surface area contributed by atoms with Gasteiger partial charge in [0.15, 0.2) is 0 Å². The maximum atomic E-state index is 6.22. The van der Waals surface area contributed by atoms with Crippen LogP contribution in [0.5, 0.6) is 0 Å². The van der Waals surface area contributed by atoms with Crippen molar-refractivity contribution in [3.63, 3.8) is 0 Å². The topological polar surface area (TPSA) is 64.1 Å². The first-order valence-electron chi connectivity index (χ1n) is 5.40. The normalized spacial score (nSPS) is 34.2. The average Bonchev–Trinajstić information content (AvgIpc) is 2.08. The smallest absolute Gasteiger partial charge is 0.0479 e. The molecule has 0 aromatic heterocycles. The standard InChI is InChI=1S/C11H25N3S/c1-7-6-9(12)8(2)11(10(7)13)14-15(3,4)5/h7,9-10,14H,6,12-13H2,1-5H3/t7-,9?,10?/m1/s1. The van der Waals surface area contributed by atoms with Crippen molar-refractivity contribution in [1.29, 1.82) is 0 Å². The Labute approximate surface area is 95.1 Å². The van der Waals surface area contributed by atoms with E-state index < -0.39 is 10.2 Å². The van der Waals surface area contributed by atoms with Gasteiger partial charge in [-0.2, -0.15) is 10.2 Å². The molecule has 3 nitrogen and oxygen atoms in total. The Kier molecular flexibility index (Phi) is 3.74. The summed E-state index contributed by atoms with van der Waals surface area (Å²) in [7, 11) is -0.780. The zero-order valence-corrected chi connectivity index (χ0v) is 11.3. The molecular formula is C11H25N3S. The van der Waals surface area contributed by atoms with Crippen LogP contribution in [0.15, 0.2) is 11.3 Å². The average molecular weight is 231 g/mol. The molecule has 5 N–H and O–H groups in total. The van der Waals surface area contributed by atoms with Crippen LogP contribution in [0.2, 0.25) is 0 Å². The largest absolute Gasteiger partial charge is 0.350 e. The SMILES string of the molecule is CC1=C(NS(C)(C)C)C(N)[C@H](C)CC1N. The van der Waals surface area contributed by atoms with Gasteiger partial charge < -0.3 is 16.2 Å². The molecule has 0 saturated carbocycles. The van der Waals surface area contributed by atoms with E-state index >= 15 is 0 Å². The summed E-state index contributed by atoms with van der Waals surface area (Å²) in [5.41, 5.74) is 14.7. The van der Waals surface area contributed by atoms with Crippen molar-refractivity contribution in [2.45, 2.75) is 32.4 Å². The number of hydrogen-bond acceptors (Lipinski definition) is 3. The van der Waals surface area contributed by atoms with Crippen LogP contribution in [0.1, 0.15) is 20.3 Å². The van der Waals surface area contributed by atoms with Gasteiger partial charge in [-0.15, -0.1) is 0 Å². The molecule has 4 heteroatoms. The maximum Gasteiger partial charge on any atom is 0.0479 e. The highest BCUT2D eigenvalue weighted by Crippen LogP contribution is 2.35. The molecule has 0 radical (unpaired) electrons. The van der Waals surface area contributed by atoms with E-state index in [1.807, 2.05) is 0 Å². The summed E-state index contributed by atoms with van der Waals surface area (Å²) in [6.45, 7) is 4.28. The van der Waals surface area contributed by atoms with Crippen LogP contribution in [0, 0.1) is 5.92 Å². The van der Waals surface area contributed by atoms with Gasteiger partial charge in [-0.1, -0.05) is 6.92 Å². The highest BCUT2D eigenvalue weighted by molar-refractivity contribution is 8.30. The highest BCUT2D eigenvalue weighted by atomic mass is 32.3. The minimum absolute atomic E-state index is 0.122. The predicted octanol–water partition coefficient (Wildman–Crippen LogP) is 1.15. The van der Waals surface area contributed by atoms with Crippen LogP contribution < -0.4 is 16.2 Å². The van der Waals surface area contributed by atoms with Crippen molar-refractivity contribution >= 4 is 10.2 Å². The molecule has 1 aliphatic carbocycles. The van der Waals surface area contributed by atoms with Gasteiger partial charge in [-0.25, -0.2) is 0 Å². The van der Waals surface area contributed by atoms with Crippen molar-refractivity contribution in [1.82, 2.24) is 4.72 Å². The van der Waals surface area contributed by atoms with Gasteiger partial charge in [0.2, 0.25) is 0 Å². The van der Waals surface area contributed by atoms with Gasteiger partial charge in [0.05, 0.1) is 0 Å². The zero-order chi connectivity index (χ0) is 11.8. The quantitative estimate of drug-likeness (QED) is 0.668. The van der Waals surface area contributed by atoms with E-state index in [1.54, 1.807) is 0 Å². The monoisotopic (exact) mass is 231 g/mol. The van der Waals surface area contributed by atoms with Crippen LogP contribution >= 0.6 is 10.2 Å². The molecule has 0 aliphatic heterocycles. The van der Waals surface area contributed by atoms with Gasteiger partial charge in [0, 0.05) is 17.8 Å². The van der Waals surface area contributed by atoms with Gasteiger partial charge in [-0.05, 0) is 43.6 Å². The molecule has 0 aromatic carbocycles. The summed E-state index contributed by atoms with van der Waals surface area (Å²) in [6.07, 6.45) is 7.68. The summed E-state index contributed by atoms with van der Waals surface area (Å²) in [5, 5.41) is 0. The fourth-order valence-electron chi connectivity index (χ4n) is 1.95. The number of rotatable bonds is 2. The lowest BCUT2D eigenvalue weighted by Gasteiger charge is -2.39. The Morgan fingerprint density at radius 3 is 2.27 bits per heavy atom. The van der Waals surface area contributed by atoms with Crippen LogP contribution in [0.25, 0.3) is 0 Å². The summed E-state index contributed by atoms with van der Waals surface area (Å²) in [4.78, 5) is 0. The summed E-state index contributed by atoms with van der Waals surface area (Å²) >= 11 is 0. The second-order valence-corrected chi connectivity index (χ2v) is 9.26. The molecule has 0 fully saturated rings. The van der Waals surface area contributed by atoms with Crippen LogP contribution in [-0.2, 0) is 0 Å². The van der Waals surface area contributed by atoms with E-state index in [4.69, 9.17) is 11.5 Å². The molecular weight excluding hydrogens is 206 g/mol. The van der Waals surface area contributed by atoms with E-state index in [1.165, 1.54) is 11.3 Å². The summed E-state index contributed by atoms with van der Waals surface area (Å²) in [5.74, 6) is 0.466. The van der Waals surface area contributed by atoms with Crippen LogP contribution in [0.3, 0.4) is 0 Å². The van der Waals surface area contributed by atoms with Crippen molar-refractivity contribution in [2.75, 3.05) is 18.8 Å². The number of hydrogen-bond donors (Lipinski definition) is 3. The van der Waals surface area contributed by atoms with Gasteiger partial charge >= 0.3 is 0 Å². The molecule has 0 saturated heterocycles. The fourth-order valence-corrected chi connectivity index (χ4v) is 2.91. The third-order valence-corrected chi connectivity index (χ3v) is 3.80. The molecule has 2 unspecified atom stereocenters. The third-order valence-electron chi connectivity index (χ3n) is 2.97. The first-order valence-corrected chi connectivity index (χ1v) is 8.26. The van der Waals surface area contributed by atoms with Gasteiger partial charge in [0.1, 0.15) is 0 Å². The third kappa shape index (κ3) is 3.13. The lowest BCUT2D eigenvalue weighted by molar-refractivity contribution is 0.400. The van der Waals surface area contributed by atoms with E-state index in [2.05, 4.69) is 37.3 Å². The summed E-state index contributed by atoms with van der Waals surface area (Å²) in [6, 6.07) is 0.292. The second kappa shape index (κ2) is 4.36. The second-order valence-electron chi connectivity index (χ2n) is 5.38. The van der Waals surface area contributed by atoms with Gasteiger partial charge in [0.25, 0.3) is 0 Å². The Morgan fingerprint density at radius 1 is 1.27 bits per heavy atom. The number of nitrogens with two attached hydrogens (primary N) is 2. The lowest BCUT2D eigenvalue weighted by Crippen LogP contribution is -2.46. The van der Waals surface area contributed by atoms with Gasteiger partial charge in [-0.3, -0.25) is 0 Å². The Bertz CT molecular complexity index is 267. The van der Waals surface area contributed by atoms with Crippen molar-refractivity contribution in [3.8, 4) is 0 Å². The molecule has 90 valence electrons. The minimum Gasteiger partial charge on any atom is -0.350 e. The maximum absolute atomic E-state index is 6.22. The van der Waals surface area contributed by atoms with Crippen molar-refractivity contribution in [3.05, 3.63) is 11.3 Å². The zero-order valence-electron chi connectivity index (χ0n) is 10.5. The molecule has 0 heterocycles. The first-order chi connectivity index (χ1) is 6.72. The Balaban J connectivity index is 2.94. The first kappa shape index (κ1) is 12.9. The van der Waals surface area contributed by atoms with E-state index in [-0.39, 0.29) is 12.1 Å². The summed E-state index contributed by atoms with van der Waals surface area (Å²) < 4.78 is 3.58. The van der Waals surface area contributed by atoms with Crippen LogP contribution in [0.4, 0.5) is 0 Å². The molecule has 3 atom stereocenters. The molecule has 0 aromatic rings. The predicted molar refractivity (Wildman–Crippen MR) is 70.9 cm³/mol. The lowest BCUT2D eigenvalue weighted by atomic mass is 9.82. The Hall–Kier alpha value is -0.190. The van der Waals surface area contributed by atoms with Crippen molar-refractivity contribution < 1.29 is 0 Å². The van der Waals surface area contributed by atoms with Crippen molar-refractivity contribution in [2.24, 2.45) is 17.4 Å². The molecule has 1 rings (SSSR count). The molecule has 0 spiro atoms. The van der Waals surface area contributed by atoms with E-state index in [0.29, 0.717) is 5.92 Å². The fraction of sp³-hybridized carbons (Fsp3) is 0.818. The van der Waals surface area contributed by atoms with Crippen LogP contribution in [-0.4, -0.2) is 30.9 Å².